The van der Waals surface area contributed by atoms with Gasteiger partial charge in [-0.25, -0.2) is 4.68 Å². The van der Waals surface area contributed by atoms with Crippen molar-refractivity contribution in [2.45, 2.75) is 26.2 Å². The van der Waals surface area contributed by atoms with Gasteiger partial charge in [0.25, 0.3) is 11.8 Å². The van der Waals surface area contributed by atoms with E-state index in [1.807, 2.05) is 6.92 Å². The molecule has 2 aromatic carbocycles. The molecule has 33 heavy (non-hydrogen) atoms. The number of hydrogen-bond donors (Lipinski definition) is 0. The van der Waals surface area contributed by atoms with Gasteiger partial charge in [-0.05, 0) is 36.8 Å². The minimum absolute atomic E-state index is 0.0599. The number of fused-ring (bicyclic) bond motifs is 1. The third kappa shape index (κ3) is 4.36. The van der Waals surface area contributed by atoms with Crippen LogP contribution in [0.3, 0.4) is 0 Å². The summed E-state index contributed by atoms with van der Waals surface area (Å²) >= 11 is 5.91. The summed E-state index contributed by atoms with van der Waals surface area (Å²) in [5, 5.41) is 8.98. The van der Waals surface area contributed by atoms with Gasteiger partial charge < -0.3 is 14.5 Å². The van der Waals surface area contributed by atoms with E-state index in [0.29, 0.717) is 54.7 Å². The van der Waals surface area contributed by atoms with E-state index < -0.39 is 0 Å². The Bertz CT molecular complexity index is 1170. The second-order valence-electron chi connectivity index (χ2n) is 8.37. The van der Waals surface area contributed by atoms with Crippen LogP contribution in [0.4, 0.5) is 0 Å². The molecule has 0 spiro atoms. The lowest BCUT2D eigenvalue weighted by atomic mass is 10.1. The van der Waals surface area contributed by atoms with Gasteiger partial charge in [0.1, 0.15) is 6.10 Å². The van der Waals surface area contributed by atoms with Gasteiger partial charge in [-0.15, -0.1) is 5.10 Å². The fourth-order valence-corrected chi connectivity index (χ4v) is 4.32. The van der Waals surface area contributed by atoms with E-state index in [4.69, 9.17) is 16.3 Å². The SMILES string of the molecule is Cc1ccc([C@H]2Cn3nnc(C(=O)N4CCN(C(=O)c5ccc(Cl)cc5)CC4)c3CO2)cc1. The zero-order chi connectivity index (χ0) is 22.9. The van der Waals surface area contributed by atoms with Crippen LogP contribution < -0.4 is 0 Å². The van der Waals surface area contributed by atoms with Gasteiger partial charge in [-0.1, -0.05) is 46.6 Å². The second-order valence-corrected chi connectivity index (χ2v) is 8.80. The van der Waals surface area contributed by atoms with Crippen molar-refractivity contribution in [1.29, 1.82) is 0 Å². The number of hydrogen-bond acceptors (Lipinski definition) is 5. The summed E-state index contributed by atoms with van der Waals surface area (Å²) in [5.41, 5.74) is 3.89. The van der Waals surface area contributed by atoms with Crippen molar-refractivity contribution in [3.63, 3.8) is 0 Å². The summed E-state index contributed by atoms with van der Waals surface area (Å²) < 4.78 is 7.80. The largest absolute Gasteiger partial charge is 0.365 e. The zero-order valence-electron chi connectivity index (χ0n) is 18.3. The zero-order valence-corrected chi connectivity index (χ0v) is 19.0. The first kappa shape index (κ1) is 21.6. The summed E-state index contributed by atoms with van der Waals surface area (Å²) in [4.78, 5) is 29.3. The highest BCUT2D eigenvalue weighted by molar-refractivity contribution is 6.30. The third-order valence-corrected chi connectivity index (χ3v) is 6.45. The van der Waals surface area contributed by atoms with E-state index >= 15 is 0 Å². The molecule has 2 aliphatic rings. The van der Waals surface area contributed by atoms with Crippen LogP contribution in [0, 0.1) is 6.92 Å². The number of nitrogens with zero attached hydrogens (tertiary/aromatic N) is 5. The number of carbonyl (C=O) groups is 2. The summed E-state index contributed by atoms with van der Waals surface area (Å²) in [6.45, 7) is 4.65. The van der Waals surface area contributed by atoms with Gasteiger partial charge in [0, 0.05) is 36.8 Å². The van der Waals surface area contributed by atoms with E-state index in [9.17, 15) is 9.59 Å². The number of benzene rings is 2. The Kier molecular flexibility index (Phi) is 5.86. The molecule has 1 saturated heterocycles. The van der Waals surface area contributed by atoms with Crippen molar-refractivity contribution in [3.05, 3.63) is 81.6 Å². The number of amides is 2. The quantitative estimate of drug-likeness (QED) is 0.593. The van der Waals surface area contributed by atoms with E-state index in [0.717, 1.165) is 5.56 Å². The monoisotopic (exact) mass is 465 g/mol. The molecule has 2 aliphatic heterocycles. The first-order valence-electron chi connectivity index (χ1n) is 10.9. The number of aromatic nitrogens is 3. The normalized spacial score (nSPS) is 18.2. The lowest BCUT2D eigenvalue weighted by molar-refractivity contribution is -0.00203. The van der Waals surface area contributed by atoms with Crippen LogP contribution in [0.15, 0.2) is 48.5 Å². The minimum atomic E-state index is -0.174. The van der Waals surface area contributed by atoms with Crippen LogP contribution in [-0.2, 0) is 17.9 Å². The number of carbonyl (C=O) groups excluding carboxylic acids is 2. The summed E-state index contributed by atoms with van der Waals surface area (Å²) in [6, 6.07) is 15.1. The third-order valence-electron chi connectivity index (χ3n) is 6.19. The lowest BCUT2D eigenvalue weighted by Gasteiger charge is -2.34. The highest BCUT2D eigenvalue weighted by Gasteiger charge is 2.32. The van der Waals surface area contributed by atoms with Crippen LogP contribution in [0.2, 0.25) is 5.02 Å². The van der Waals surface area contributed by atoms with Crippen molar-refractivity contribution in [3.8, 4) is 0 Å². The standard InChI is InChI=1S/C24H24ClN5O3/c1-16-2-4-17(5-3-16)21-14-30-20(15-33-21)22(26-27-30)24(32)29-12-10-28(11-13-29)23(31)18-6-8-19(25)9-7-18/h2-9,21H,10-15H2,1H3/t21-/m1/s1. The average Bonchev–Trinajstić information content (AvgIpc) is 3.27. The minimum Gasteiger partial charge on any atom is -0.365 e. The molecule has 0 aliphatic carbocycles. The van der Waals surface area contributed by atoms with Crippen molar-refractivity contribution >= 4 is 23.4 Å². The Hall–Kier alpha value is -3.23. The Balaban J connectivity index is 1.22. The first-order valence-corrected chi connectivity index (χ1v) is 11.3. The van der Waals surface area contributed by atoms with Gasteiger partial charge in [-0.2, -0.15) is 0 Å². The van der Waals surface area contributed by atoms with Crippen molar-refractivity contribution in [2.24, 2.45) is 0 Å². The molecule has 1 atom stereocenters. The summed E-state index contributed by atoms with van der Waals surface area (Å²) in [7, 11) is 0. The molecule has 1 fully saturated rings. The smallest absolute Gasteiger partial charge is 0.276 e. The van der Waals surface area contributed by atoms with Crippen LogP contribution >= 0.6 is 11.6 Å². The average molecular weight is 466 g/mol. The van der Waals surface area contributed by atoms with Crippen molar-refractivity contribution < 1.29 is 14.3 Å². The number of rotatable bonds is 3. The van der Waals surface area contributed by atoms with Crippen LogP contribution in [-0.4, -0.2) is 62.8 Å². The maximum absolute atomic E-state index is 13.1. The predicted octanol–water partition coefficient (Wildman–Crippen LogP) is 3.11. The molecule has 0 saturated carbocycles. The van der Waals surface area contributed by atoms with Gasteiger partial charge in [0.2, 0.25) is 0 Å². The van der Waals surface area contributed by atoms with Crippen molar-refractivity contribution in [1.82, 2.24) is 24.8 Å². The highest BCUT2D eigenvalue weighted by atomic mass is 35.5. The maximum atomic E-state index is 13.1. The van der Waals surface area contributed by atoms with Gasteiger partial charge in [0.15, 0.2) is 5.69 Å². The van der Waals surface area contributed by atoms with E-state index in [-0.39, 0.29) is 24.5 Å². The maximum Gasteiger partial charge on any atom is 0.276 e. The Morgan fingerprint density at radius 2 is 1.58 bits per heavy atom. The first-order chi connectivity index (χ1) is 16.0. The molecule has 3 heterocycles. The summed E-state index contributed by atoms with van der Waals surface area (Å²) in [6.07, 6.45) is -0.120. The Morgan fingerprint density at radius 1 is 0.939 bits per heavy atom. The number of piperazine rings is 1. The molecule has 0 unspecified atom stereocenters. The number of ether oxygens (including phenoxy) is 1. The molecule has 170 valence electrons. The molecule has 2 amide bonds. The molecule has 1 aromatic heterocycles. The molecule has 8 nitrogen and oxygen atoms in total. The fraction of sp³-hybridized carbons (Fsp3) is 0.333. The Labute approximate surface area is 196 Å². The fourth-order valence-electron chi connectivity index (χ4n) is 4.20. The van der Waals surface area contributed by atoms with Gasteiger partial charge in [-0.3, -0.25) is 9.59 Å². The molecule has 0 N–H and O–H groups in total. The number of aryl methyl sites for hydroxylation is 1. The predicted molar refractivity (Wildman–Crippen MR) is 122 cm³/mol. The molecule has 9 heteroatoms. The molecule has 0 bridgehead atoms. The van der Waals surface area contributed by atoms with Crippen LogP contribution in [0.25, 0.3) is 0 Å². The molecule has 3 aromatic rings. The second kappa shape index (κ2) is 8.96. The molecule has 0 radical (unpaired) electrons. The van der Waals surface area contributed by atoms with E-state index in [1.165, 1.54) is 5.56 Å². The van der Waals surface area contributed by atoms with Gasteiger partial charge in [0.05, 0.1) is 18.8 Å². The molecule has 5 rings (SSSR count). The van der Waals surface area contributed by atoms with E-state index in [1.54, 1.807) is 38.7 Å². The topological polar surface area (TPSA) is 80.6 Å². The highest BCUT2D eigenvalue weighted by Crippen LogP contribution is 2.27. The lowest BCUT2D eigenvalue weighted by Crippen LogP contribution is -2.50. The van der Waals surface area contributed by atoms with Crippen molar-refractivity contribution in [2.75, 3.05) is 26.2 Å². The Morgan fingerprint density at radius 3 is 2.24 bits per heavy atom. The molecular formula is C24H24ClN5O3. The van der Waals surface area contributed by atoms with E-state index in [2.05, 4.69) is 34.6 Å². The van der Waals surface area contributed by atoms with Crippen LogP contribution in [0.1, 0.15) is 43.8 Å². The van der Waals surface area contributed by atoms with Gasteiger partial charge >= 0.3 is 0 Å². The molecular weight excluding hydrogens is 442 g/mol. The summed E-state index contributed by atoms with van der Waals surface area (Å²) in [5.74, 6) is -0.234. The van der Waals surface area contributed by atoms with Crippen LogP contribution in [0.5, 0.6) is 0 Å². The number of halogens is 1.